The Labute approximate surface area is 130 Å². The van der Waals surface area contributed by atoms with Crippen molar-refractivity contribution in [3.8, 4) is 21.6 Å². The van der Waals surface area contributed by atoms with Crippen molar-refractivity contribution >= 4 is 11.3 Å². The van der Waals surface area contributed by atoms with Gasteiger partial charge in [0.25, 0.3) is 0 Å². The van der Waals surface area contributed by atoms with Crippen molar-refractivity contribution in [1.29, 1.82) is 0 Å². The van der Waals surface area contributed by atoms with Crippen molar-refractivity contribution in [2.45, 2.75) is 13.0 Å². The minimum absolute atomic E-state index is 0.169. The van der Waals surface area contributed by atoms with Crippen LogP contribution in [0, 0.1) is 18.6 Å². The van der Waals surface area contributed by atoms with Crippen molar-refractivity contribution in [1.82, 2.24) is 0 Å². The van der Waals surface area contributed by atoms with E-state index in [1.54, 1.807) is 0 Å². The lowest BCUT2D eigenvalue weighted by Gasteiger charge is -2.15. The van der Waals surface area contributed by atoms with Crippen LogP contribution in [0.3, 0.4) is 0 Å². The molecular formula is C18H12F2OS. The molecule has 1 aliphatic rings. The van der Waals surface area contributed by atoms with E-state index in [0.717, 1.165) is 26.9 Å². The predicted molar refractivity (Wildman–Crippen MR) is 83.9 cm³/mol. The van der Waals surface area contributed by atoms with Gasteiger partial charge in [0.1, 0.15) is 6.10 Å². The highest BCUT2D eigenvalue weighted by Gasteiger charge is 2.30. The Balaban J connectivity index is 2.18. The molecular weight excluding hydrogens is 302 g/mol. The van der Waals surface area contributed by atoms with Crippen LogP contribution in [0.25, 0.3) is 21.6 Å². The maximum atomic E-state index is 14.5. The zero-order valence-electron chi connectivity index (χ0n) is 11.7. The van der Waals surface area contributed by atoms with Gasteiger partial charge in [0.15, 0.2) is 11.6 Å². The van der Waals surface area contributed by atoms with Gasteiger partial charge in [0.2, 0.25) is 0 Å². The Morgan fingerprint density at radius 1 is 1.00 bits per heavy atom. The van der Waals surface area contributed by atoms with Crippen molar-refractivity contribution in [3.63, 3.8) is 0 Å². The fourth-order valence-corrected chi connectivity index (χ4v) is 4.14. The molecule has 1 atom stereocenters. The van der Waals surface area contributed by atoms with Crippen LogP contribution >= 0.6 is 11.3 Å². The molecule has 3 aromatic rings. The van der Waals surface area contributed by atoms with Gasteiger partial charge in [-0.05, 0) is 35.7 Å². The highest BCUT2D eigenvalue weighted by atomic mass is 32.1. The largest absolute Gasteiger partial charge is 0.384 e. The second-order valence-corrected chi connectivity index (χ2v) is 6.67. The normalized spacial score (nSPS) is 15.7. The van der Waals surface area contributed by atoms with Gasteiger partial charge in [-0.3, -0.25) is 0 Å². The van der Waals surface area contributed by atoms with Crippen molar-refractivity contribution in [2.75, 3.05) is 0 Å². The topological polar surface area (TPSA) is 20.2 Å². The maximum absolute atomic E-state index is 14.5. The zero-order valence-corrected chi connectivity index (χ0v) is 12.5. The molecule has 1 aliphatic carbocycles. The molecule has 0 bridgehead atoms. The van der Waals surface area contributed by atoms with Crippen molar-refractivity contribution in [3.05, 3.63) is 70.1 Å². The average Bonchev–Trinajstić information content (AvgIpc) is 2.86. The second kappa shape index (κ2) is 4.73. The molecule has 0 aliphatic heterocycles. The molecule has 1 unspecified atom stereocenters. The molecule has 1 heterocycles. The molecule has 0 radical (unpaired) electrons. The summed E-state index contributed by atoms with van der Waals surface area (Å²) in [7, 11) is 0. The number of aliphatic hydroxyl groups excluding tert-OH is 1. The molecule has 4 heteroatoms. The molecule has 110 valence electrons. The first-order valence-electron chi connectivity index (χ1n) is 6.94. The molecule has 1 N–H and O–H groups in total. The van der Waals surface area contributed by atoms with E-state index in [-0.39, 0.29) is 5.56 Å². The van der Waals surface area contributed by atoms with Gasteiger partial charge >= 0.3 is 0 Å². The summed E-state index contributed by atoms with van der Waals surface area (Å²) in [5, 5.41) is 10.7. The highest BCUT2D eigenvalue weighted by molar-refractivity contribution is 7.16. The average molecular weight is 314 g/mol. The summed E-state index contributed by atoms with van der Waals surface area (Å²) >= 11 is 1.53. The van der Waals surface area contributed by atoms with Gasteiger partial charge in [0.05, 0.1) is 0 Å². The minimum Gasteiger partial charge on any atom is -0.384 e. The van der Waals surface area contributed by atoms with E-state index in [2.05, 4.69) is 0 Å². The number of rotatable bonds is 0. The van der Waals surface area contributed by atoms with Crippen LogP contribution < -0.4 is 0 Å². The van der Waals surface area contributed by atoms with Crippen LogP contribution in [0.5, 0.6) is 0 Å². The van der Waals surface area contributed by atoms with Crippen LogP contribution in [0.1, 0.15) is 22.1 Å². The molecule has 0 fully saturated rings. The molecule has 2 aromatic carbocycles. The van der Waals surface area contributed by atoms with Gasteiger partial charge in [-0.25, -0.2) is 8.78 Å². The van der Waals surface area contributed by atoms with Crippen LogP contribution in [-0.2, 0) is 0 Å². The Bertz CT molecular complexity index is 898. The number of aliphatic hydroxyl groups is 1. The number of hydrogen-bond donors (Lipinski definition) is 1. The standard InChI is InChI=1S/C18H12F2OS/c1-9-8-13-15-12(6-7-14(19)16(15)20)17(21)10-4-2-3-5-11(10)18(13)22-9/h2-8,17,21H,1H3. The first-order chi connectivity index (χ1) is 10.6. The van der Waals surface area contributed by atoms with Gasteiger partial charge in [-0.15, -0.1) is 11.3 Å². The summed E-state index contributed by atoms with van der Waals surface area (Å²) in [6, 6.07) is 11.9. The van der Waals surface area contributed by atoms with Crippen molar-refractivity contribution in [2.24, 2.45) is 0 Å². The summed E-state index contributed by atoms with van der Waals surface area (Å²) < 4.78 is 28.2. The van der Waals surface area contributed by atoms with E-state index < -0.39 is 17.7 Å². The number of hydrogen-bond acceptors (Lipinski definition) is 2. The fraction of sp³-hybridized carbons (Fsp3) is 0.111. The number of benzene rings is 2. The molecule has 0 saturated heterocycles. The molecule has 0 saturated carbocycles. The Kier molecular flexibility index (Phi) is 2.93. The van der Waals surface area contributed by atoms with Gasteiger partial charge in [0, 0.05) is 20.9 Å². The highest BCUT2D eigenvalue weighted by Crippen LogP contribution is 2.49. The first-order valence-corrected chi connectivity index (χ1v) is 7.75. The number of fused-ring (bicyclic) bond motifs is 5. The van der Waals surface area contributed by atoms with E-state index in [1.165, 1.54) is 17.4 Å². The smallest absolute Gasteiger partial charge is 0.167 e. The summed E-state index contributed by atoms with van der Waals surface area (Å²) in [6.45, 7) is 1.94. The van der Waals surface area contributed by atoms with E-state index in [1.807, 2.05) is 37.3 Å². The third-order valence-electron chi connectivity index (χ3n) is 4.05. The first kappa shape index (κ1) is 13.6. The summed E-state index contributed by atoms with van der Waals surface area (Å²) in [5.41, 5.74) is 2.82. The minimum atomic E-state index is -0.971. The quantitative estimate of drug-likeness (QED) is 0.614. The Morgan fingerprint density at radius 2 is 1.77 bits per heavy atom. The molecule has 0 amide bonds. The summed E-state index contributed by atoms with van der Waals surface area (Å²) in [6.07, 6.45) is -0.971. The number of halogens is 2. The lowest BCUT2D eigenvalue weighted by Crippen LogP contribution is -2.03. The Morgan fingerprint density at radius 3 is 2.59 bits per heavy atom. The van der Waals surface area contributed by atoms with E-state index >= 15 is 0 Å². The summed E-state index contributed by atoms with van der Waals surface area (Å²) in [4.78, 5) is 1.89. The van der Waals surface area contributed by atoms with Gasteiger partial charge in [-0.2, -0.15) is 0 Å². The van der Waals surface area contributed by atoms with Gasteiger partial charge < -0.3 is 5.11 Å². The van der Waals surface area contributed by atoms with E-state index in [4.69, 9.17) is 0 Å². The number of aryl methyl sites for hydroxylation is 1. The molecule has 1 nitrogen and oxygen atoms in total. The maximum Gasteiger partial charge on any atom is 0.167 e. The van der Waals surface area contributed by atoms with Crippen molar-refractivity contribution < 1.29 is 13.9 Å². The second-order valence-electron chi connectivity index (χ2n) is 5.42. The zero-order chi connectivity index (χ0) is 15.4. The monoisotopic (exact) mass is 314 g/mol. The van der Waals surface area contributed by atoms with Crippen LogP contribution in [0.2, 0.25) is 0 Å². The van der Waals surface area contributed by atoms with Crippen LogP contribution in [0.15, 0.2) is 42.5 Å². The summed E-state index contributed by atoms with van der Waals surface area (Å²) in [5.74, 6) is -1.80. The fourth-order valence-electron chi connectivity index (χ4n) is 3.08. The molecule has 0 spiro atoms. The van der Waals surface area contributed by atoms with Crippen LogP contribution in [-0.4, -0.2) is 5.11 Å². The van der Waals surface area contributed by atoms with Crippen LogP contribution in [0.4, 0.5) is 8.78 Å². The predicted octanol–water partition coefficient (Wildman–Crippen LogP) is 5.06. The SMILES string of the molecule is Cc1cc2c(s1)-c1ccccc1C(O)c1ccc(F)c(F)c1-2. The number of thiophene rings is 1. The Hall–Kier alpha value is -2.04. The lowest BCUT2D eigenvalue weighted by molar-refractivity contribution is 0.221. The third-order valence-corrected chi connectivity index (χ3v) is 5.13. The lowest BCUT2D eigenvalue weighted by atomic mass is 9.95. The molecule has 4 rings (SSSR count). The van der Waals surface area contributed by atoms with E-state index in [0.29, 0.717) is 11.1 Å². The van der Waals surface area contributed by atoms with Gasteiger partial charge in [-0.1, -0.05) is 30.3 Å². The van der Waals surface area contributed by atoms with E-state index in [9.17, 15) is 13.9 Å². The molecule has 22 heavy (non-hydrogen) atoms. The molecule has 1 aromatic heterocycles. The third kappa shape index (κ3) is 1.77.